The van der Waals surface area contributed by atoms with Gasteiger partial charge in [-0.05, 0) is 22.6 Å². The van der Waals surface area contributed by atoms with Crippen LogP contribution in [-0.2, 0) is 13.1 Å². The number of nitrogens with zero attached hydrogens (tertiary/aromatic N) is 2. The van der Waals surface area contributed by atoms with Crippen LogP contribution < -0.4 is 5.32 Å². The first-order valence-corrected chi connectivity index (χ1v) is 7.82. The molecule has 0 unspecified atom stereocenters. The third-order valence-electron chi connectivity index (χ3n) is 3.20. The average Bonchev–Trinajstić information content (AvgIpc) is 3.05. The molecular formula is C17H15N3OS. The molecule has 0 spiro atoms. The Balaban J connectivity index is 1.58. The molecule has 0 radical (unpaired) electrons. The summed E-state index contributed by atoms with van der Waals surface area (Å²) in [6.45, 7) is 1.55. The smallest absolute Gasteiger partial charge is 0.206 e. The Kier molecular flexibility index (Phi) is 4.68. The highest BCUT2D eigenvalue weighted by molar-refractivity contribution is 7.12. The van der Waals surface area contributed by atoms with Crippen molar-refractivity contribution in [2.45, 2.75) is 13.1 Å². The quantitative estimate of drug-likeness (QED) is 0.711. The number of benzene rings is 1. The van der Waals surface area contributed by atoms with E-state index in [2.05, 4.69) is 27.4 Å². The van der Waals surface area contributed by atoms with Crippen LogP contribution in [0.15, 0.2) is 60.5 Å². The van der Waals surface area contributed by atoms with E-state index in [0.29, 0.717) is 10.4 Å². The third kappa shape index (κ3) is 3.63. The molecule has 0 bridgehead atoms. The molecule has 110 valence electrons. The molecule has 0 saturated heterocycles. The van der Waals surface area contributed by atoms with Crippen molar-refractivity contribution in [3.63, 3.8) is 0 Å². The Labute approximate surface area is 132 Å². The van der Waals surface area contributed by atoms with E-state index in [4.69, 9.17) is 0 Å². The molecule has 0 saturated carbocycles. The normalized spacial score (nSPS) is 10.5. The molecular weight excluding hydrogens is 294 g/mol. The van der Waals surface area contributed by atoms with Crippen molar-refractivity contribution in [1.29, 1.82) is 0 Å². The summed E-state index contributed by atoms with van der Waals surface area (Å²) in [5.74, 6) is -0.0279. The van der Waals surface area contributed by atoms with Crippen LogP contribution in [0.2, 0.25) is 0 Å². The molecule has 1 aromatic carbocycles. The number of aromatic nitrogens is 2. The summed E-state index contributed by atoms with van der Waals surface area (Å²) in [5.41, 5.74) is 2.88. The second kappa shape index (κ2) is 7.06. The van der Waals surface area contributed by atoms with Crippen LogP contribution in [0.25, 0.3) is 0 Å². The summed E-state index contributed by atoms with van der Waals surface area (Å²) in [5, 5.41) is 5.39. The number of nitrogens with one attached hydrogen (secondary N) is 1. The standard InChI is InChI=1S/C17H15N3OS/c21-17(15-9-19-12-20-10-15)16-6-14(11-22-16)8-18-7-13-4-2-1-3-5-13/h1-6,9-12,18H,7-8H2. The maximum atomic E-state index is 12.3. The molecule has 2 heterocycles. The molecule has 3 rings (SSSR count). The number of thiophene rings is 1. The number of ketones is 1. The first kappa shape index (κ1) is 14.6. The van der Waals surface area contributed by atoms with Crippen molar-refractivity contribution >= 4 is 17.1 Å². The Morgan fingerprint density at radius 1 is 1.05 bits per heavy atom. The highest BCUT2D eigenvalue weighted by Crippen LogP contribution is 2.18. The van der Waals surface area contributed by atoms with Crippen LogP contribution >= 0.6 is 11.3 Å². The van der Waals surface area contributed by atoms with Gasteiger partial charge in [0.15, 0.2) is 0 Å². The van der Waals surface area contributed by atoms with E-state index in [-0.39, 0.29) is 5.78 Å². The fraction of sp³-hybridized carbons (Fsp3) is 0.118. The monoisotopic (exact) mass is 309 g/mol. The number of carbonyl (C=O) groups excluding carboxylic acids is 1. The Bertz CT molecular complexity index is 741. The summed E-state index contributed by atoms with van der Waals surface area (Å²) in [6.07, 6.45) is 4.51. The first-order valence-electron chi connectivity index (χ1n) is 6.95. The average molecular weight is 309 g/mol. The molecule has 1 N–H and O–H groups in total. The van der Waals surface area contributed by atoms with Crippen LogP contribution in [0.3, 0.4) is 0 Å². The van der Waals surface area contributed by atoms with E-state index in [0.717, 1.165) is 18.7 Å². The van der Waals surface area contributed by atoms with Crippen LogP contribution in [0, 0.1) is 0 Å². The van der Waals surface area contributed by atoms with Gasteiger partial charge >= 0.3 is 0 Å². The molecule has 0 fully saturated rings. The molecule has 2 aromatic heterocycles. The minimum Gasteiger partial charge on any atom is -0.309 e. The summed E-state index contributed by atoms with van der Waals surface area (Å²) < 4.78 is 0. The zero-order chi connectivity index (χ0) is 15.2. The molecule has 0 atom stereocenters. The van der Waals surface area contributed by atoms with Gasteiger partial charge in [-0.15, -0.1) is 11.3 Å². The second-order valence-electron chi connectivity index (χ2n) is 4.86. The highest BCUT2D eigenvalue weighted by atomic mass is 32.1. The molecule has 0 aliphatic carbocycles. The third-order valence-corrected chi connectivity index (χ3v) is 4.18. The Morgan fingerprint density at radius 3 is 2.55 bits per heavy atom. The summed E-state index contributed by atoms with van der Waals surface area (Å²) in [7, 11) is 0. The molecule has 4 nitrogen and oxygen atoms in total. The van der Waals surface area contributed by atoms with E-state index < -0.39 is 0 Å². The fourth-order valence-electron chi connectivity index (χ4n) is 2.09. The van der Waals surface area contributed by atoms with E-state index in [1.807, 2.05) is 29.6 Å². The number of hydrogen-bond acceptors (Lipinski definition) is 5. The van der Waals surface area contributed by atoms with Gasteiger partial charge in [0.05, 0.1) is 10.4 Å². The lowest BCUT2D eigenvalue weighted by Crippen LogP contribution is -2.12. The highest BCUT2D eigenvalue weighted by Gasteiger charge is 2.12. The largest absolute Gasteiger partial charge is 0.309 e. The van der Waals surface area contributed by atoms with E-state index in [9.17, 15) is 4.79 Å². The van der Waals surface area contributed by atoms with Crippen molar-refractivity contribution in [1.82, 2.24) is 15.3 Å². The van der Waals surface area contributed by atoms with Crippen molar-refractivity contribution < 1.29 is 4.79 Å². The minimum absolute atomic E-state index is 0.0279. The van der Waals surface area contributed by atoms with Gasteiger partial charge in [-0.1, -0.05) is 30.3 Å². The van der Waals surface area contributed by atoms with Crippen LogP contribution in [0.1, 0.15) is 26.4 Å². The van der Waals surface area contributed by atoms with Gasteiger partial charge in [0.2, 0.25) is 5.78 Å². The summed E-state index contributed by atoms with van der Waals surface area (Å²) >= 11 is 1.45. The molecule has 0 amide bonds. The first-order chi connectivity index (χ1) is 10.8. The minimum atomic E-state index is -0.0279. The molecule has 22 heavy (non-hydrogen) atoms. The molecule has 5 heteroatoms. The van der Waals surface area contributed by atoms with Gasteiger partial charge in [-0.2, -0.15) is 0 Å². The van der Waals surface area contributed by atoms with E-state index in [1.54, 1.807) is 12.4 Å². The number of hydrogen-bond donors (Lipinski definition) is 1. The van der Waals surface area contributed by atoms with Gasteiger partial charge in [0.25, 0.3) is 0 Å². The number of rotatable bonds is 6. The SMILES string of the molecule is O=C(c1cncnc1)c1cc(CNCc2ccccc2)cs1. The Morgan fingerprint density at radius 2 is 1.77 bits per heavy atom. The van der Waals surface area contributed by atoms with E-state index >= 15 is 0 Å². The lowest BCUT2D eigenvalue weighted by Gasteiger charge is -2.02. The van der Waals surface area contributed by atoms with Gasteiger partial charge < -0.3 is 5.32 Å². The number of carbonyl (C=O) groups is 1. The van der Waals surface area contributed by atoms with Crippen molar-refractivity contribution in [3.05, 3.63) is 82.1 Å². The van der Waals surface area contributed by atoms with Crippen molar-refractivity contribution in [2.75, 3.05) is 0 Å². The predicted molar refractivity (Wildman–Crippen MR) is 86.8 cm³/mol. The van der Waals surface area contributed by atoms with Gasteiger partial charge in [-0.3, -0.25) is 4.79 Å². The van der Waals surface area contributed by atoms with Gasteiger partial charge in [0.1, 0.15) is 6.33 Å². The lowest BCUT2D eigenvalue weighted by molar-refractivity contribution is 0.104. The zero-order valence-corrected chi connectivity index (χ0v) is 12.7. The molecule has 3 aromatic rings. The van der Waals surface area contributed by atoms with Crippen LogP contribution in [0.5, 0.6) is 0 Å². The molecule has 0 aliphatic heterocycles. The van der Waals surface area contributed by atoms with Gasteiger partial charge in [0, 0.05) is 25.5 Å². The van der Waals surface area contributed by atoms with Gasteiger partial charge in [-0.25, -0.2) is 9.97 Å². The van der Waals surface area contributed by atoms with E-state index in [1.165, 1.54) is 23.2 Å². The topological polar surface area (TPSA) is 54.9 Å². The van der Waals surface area contributed by atoms with Crippen LogP contribution in [0.4, 0.5) is 0 Å². The van der Waals surface area contributed by atoms with Crippen molar-refractivity contribution in [3.8, 4) is 0 Å². The van der Waals surface area contributed by atoms with Crippen molar-refractivity contribution in [2.24, 2.45) is 0 Å². The predicted octanol–water partition coefficient (Wildman–Crippen LogP) is 3.06. The Hall–Kier alpha value is -2.37. The maximum absolute atomic E-state index is 12.3. The maximum Gasteiger partial charge on any atom is 0.206 e. The second-order valence-corrected chi connectivity index (χ2v) is 5.78. The van der Waals surface area contributed by atoms with Crippen LogP contribution in [-0.4, -0.2) is 15.8 Å². The summed E-state index contributed by atoms with van der Waals surface area (Å²) in [6, 6.07) is 12.2. The fourth-order valence-corrected chi connectivity index (χ4v) is 2.97. The lowest BCUT2D eigenvalue weighted by atomic mass is 10.1. The molecule has 0 aliphatic rings. The zero-order valence-electron chi connectivity index (χ0n) is 11.9. The summed E-state index contributed by atoms with van der Waals surface area (Å²) in [4.78, 5) is 20.7.